The van der Waals surface area contributed by atoms with Gasteiger partial charge < -0.3 is 10.4 Å². The van der Waals surface area contributed by atoms with Crippen LogP contribution in [0.5, 0.6) is 0 Å². The van der Waals surface area contributed by atoms with Gasteiger partial charge >= 0.3 is 5.97 Å². The monoisotopic (exact) mass is 329 g/mol. The van der Waals surface area contributed by atoms with Crippen molar-refractivity contribution in [2.24, 2.45) is 5.92 Å². The zero-order chi connectivity index (χ0) is 17.7. The molecule has 2 N–H and O–H groups in total. The summed E-state index contributed by atoms with van der Waals surface area (Å²) in [5.41, 5.74) is 2.09. The molecule has 0 saturated heterocycles. The number of carbonyl (C=O) groups excluding carboxylic acids is 1. The van der Waals surface area contributed by atoms with Gasteiger partial charge in [0.2, 0.25) is 5.91 Å². The number of aromatic nitrogens is 2. The predicted octanol–water partition coefficient (Wildman–Crippen LogP) is 3.64. The molecule has 1 amide bonds. The smallest absolute Gasteiger partial charge is 0.339 e. The van der Waals surface area contributed by atoms with E-state index in [1.54, 1.807) is 17.7 Å². The van der Waals surface area contributed by atoms with E-state index >= 15 is 0 Å². The molecule has 1 aromatic heterocycles. The SMILES string of the molecule is CCCCC(C)C(=O)Nc1cccc(-n2ncc(C(=O)O)c2C)c1. The van der Waals surface area contributed by atoms with Crippen LogP contribution in [-0.4, -0.2) is 26.8 Å². The Morgan fingerprint density at radius 2 is 2.12 bits per heavy atom. The van der Waals surface area contributed by atoms with Gasteiger partial charge in [0.25, 0.3) is 0 Å². The number of benzene rings is 1. The number of carboxylic acid groups (broad SMARTS) is 1. The van der Waals surface area contributed by atoms with Gasteiger partial charge in [-0.05, 0) is 31.5 Å². The van der Waals surface area contributed by atoms with Gasteiger partial charge in [-0.1, -0.05) is 32.8 Å². The van der Waals surface area contributed by atoms with Gasteiger partial charge in [-0.25, -0.2) is 9.48 Å². The lowest BCUT2D eigenvalue weighted by molar-refractivity contribution is -0.119. The van der Waals surface area contributed by atoms with E-state index in [0.717, 1.165) is 19.3 Å². The molecule has 1 heterocycles. The molecule has 0 bridgehead atoms. The summed E-state index contributed by atoms with van der Waals surface area (Å²) in [6.45, 7) is 5.73. The van der Waals surface area contributed by atoms with Gasteiger partial charge in [-0.3, -0.25) is 4.79 Å². The van der Waals surface area contributed by atoms with E-state index in [1.807, 2.05) is 25.1 Å². The average Bonchev–Trinajstić information content (AvgIpc) is 2.94. The molecule has 128 valence electrons. The van der Waals surface area contributed by atoms with Crippen LogP contribution in [0.1, 0.15) is 49.2 Å². The maximum Gasteiger partial charge on any atom is 0.339 e. The lowest BCUT2D eigenvalue weighted by Gasteiger charge is -2.13. The first-order valence-electron chi connectivity index (χ1n) is 8.13. The third kappa shape index (κ3) is 4.01. The number of carboxylic acids is 1. The van der Waals surface area contributed by atoms with E-state index in [1.165, 1.54) is 6.20 Å². The van der Waals surface area contributed by atoms with Crippen molar-refractivity contribution in [1.82, 2.24) is 9.78 Å². The second-order valence-electron chi connectivity index (χ2n) is 5.94. The molecule has 1 atom stereocenters. The van der Waals surface area contributed by atoms with Crippen molar-refractivity contribution in [3.63, 3.8) is 0 Å². The normalized spacial score (nSPS) is 12.0. The largest absolute Gasteiger partial charge is 0.478 e. The van der Waals surface area contributed by atoms with E-state index < -0.39 is 5.97 Å². The molecular formula is C18H23N3O3. The summed E-state index contributed by atoms with van der Waals surface area (Å²) >= 11 is 0. The summed E-state index contributed by atoms with van der Waals surface area (Å²) in [5.74, 6) is -1.06. The highest BCUT2D eigenvalue weighted by molar-refractivity contribution is 5.92. The summed E-state index contributed by atoms with van der Waals surface area (Å²) in [4.78, 5) is 23.3. The van der Waals surface area contributed by atoms with Crippen molar-refractivity contribution in [3.05, 3.63) is 41.7 Å². The minimum Gasteiger partial charge on any atom is -0.478 e. The Balaban J connectivity index is 2.17. The van der Waals surface area contributed by atoms with E-state index in [-0.39, 0.29) is 17.4 Å². The number of hydrogen-bond donors (Lipinski definition) is 2. The molecule has 0 aliphatic rings. The van der Waals surface area contributed by atoms with Gasteiger partial charge in [0, 0.05) is 11.6 Å². The lowest BCUT2D eigenvalue weighted by Crippen LogP contribution is -2.20. The standard InChI is InChI=1S/C18H23N3O3/c1-4-5-7-12(2)17(22)20-14-8-6-9-15(10-14)21-13(3)16(11-19-21)18(23)24/h6,8-12H,4-5,7H2,1-3H3,(H,20,22)(H,23,24). The minimum absolute atomic E-state index is 0.0102. The lowest BCUT2D eigenvalue weighted by atomic mass is 10.0. The van der Waals surface area contributed by atoms with Gasteiger partial charge in [-0.15, -0.1) is 0 Å². The van der Waals surface area contributed by atoms with Crippen LogP contribution in [0.2, 0.25) is 0 Å². The number of unbranched alkanes of at least 4 members (excludes halogenated alkanes) is 1. The molecule has 0 spiro atoms. The molecule has 1 unspecified atom stereocenters. The maximum absolute atomic E-state index is 12.2. The maximum atomic E-state index is 12.2. The van der Waals surface area contributed by atoms with E-state index in [9.17, 15) is 9.59 Å². The van der Waals surface area contributed by atoms with Crippen LogP contribution >= 0.6 is 0 Å². The van der Waals surface area contributed by atoms with Gasteiger partial charge in [0.15, 0.2) is 0 Å². The van der Waals surface area contributed by atoms with Crippen LogP contribution in [0.25, 0.3) is 5.69 Å². The highest BCUT2D eigenvalue weighted by Gasteiger charge is 2.15. The number of aromatic carboxylic acids is 1. The predicted molar refractivity (Wildman–Crippen MR) is 92.6 cm³/mol. The van der Waals surface area contributed by atoms with E-state index in [4.69, 9.17) is 5.11 Å². The van der Waals surface area contributed by atoms with Crippen molar-refractivity contribution in [2.75, 3.05) is 5.32 Å². The highest BCUT2D eigenvalue weighted by atomic mass is 16.4. The fraction of sp³-hybridized carbons (Fsp3) is 0.389. The molecule has 2 aromatic rings. The highest BCUT2D eigenvalue weighted by Crippen LogP contribution is 2.19. The summed E-state index contributed by atoms with van der Waals surface area (Å²) in [6, 6.07) is 7.23. The Bertz CT molecular complexity index is 737. The fourth-order valence-corrected chi connectivity index (χ4v) is 2.50. The molecule has 6 nitrogen and oxygen atoms in total. The molecule has 0 saturated carbocycles. The first-order valence-corrected chi connectivity index (χ1v) is 8.13. The second-order valence-corrected chi connectivity index (χ2v) is 5.94. The van der Waals surface area contributed by atoms with Crippen molar-refractivity contribution in [1.29, 1.82) is 0 Å². The van der Waals surface area contributed by atoms with Gasteiger partial charge in [0.05, 0.1) is 17.6 Å². The van der Waals surface area contributed by atoms with Gasteiger partial charge in [0.1, 0.15) is 5.56 Å². The third-order valence-corrected chi connectivity index (χ3v) is 4.04. The first kappa shape index (κ1) is 17.7. The fourth-order valence-electron chi connectivity index (χ4n) is 2.50. The van der Waals surface area contributed by atoms with Crippen LogP contribution in [0.15, 0.2) is 30.5 Å². The van der Waals surface area contributed by atoms with Crippen molar-refractivity contribution in [2.45, 2.75) is 40.0 Å². The Morgan fingerprint density at radius 1 is 1.38 bits per heavy atom. The molecule has 6 heteroatoms. The molecule has 0 fully saturated rings. The van der Waals surface area contributed by atoms with Crippen LogP contribution < -0.4 is 5.32 Å². The molecule has 2 rings (SSSR count). The number of nitrogens with zero attached hydrogens (tertiary/aromatic N) is 2. The zero-order valence-electron chi connectivity index (χ0n) is 14.2. The second kappa shape index (κ2) is 7.77. The number of nitrogens with one attached hydrogen (secondary N) is 1. The Hall–Kier alpha value is -2.63. The number of hydrogen-bond acceptors (Lipinski definition) is 3. The Kier molecular flexibility index (Phi) is 5.73. The molecular weight excluding hydrogens is 306 g/mol. The van der Waals surface area contributed by atoms with Crippen LogP contribution in [0.4, 0.5) is 5.69 Å². The van der Waals surface area contributed by atoms with Crippen molar-refractivity contribution >= 4 is 17.6 Å². The van der Waals surface area contributed by atoms with Crippen molar-refractivity contribution in [3.8, 4) is 5.69 Å². The van der Waals surface area contributed by atoms with Crippen LogP contribution in [-0.2, 0) is 4.79 Å². The summed E-state index contributed by atoms with van der Waals surface area (Å²) < 4.78 is 1.56. The number of amides is 1. The number of anilines is 1. The zero-order valence-corrected chi connectivity index (χ0v) is 14.2. The summed E-state index contributed by atoms with van der Waals surface area (Å²) in [5, 5.41) is 16.2. The van der Waals surface area contributed by atoms with E-state index in [0.29, 0.717) is 17.1 Å². The molecule has 0 aliphatic carbocycles. The summed E-state index contributed by atoms with van der Waals surface area (Å²) in [6.07, 6.45) is 4.29. The molecule has 1 aromatic carbocycles. The van der Waals surface area contributed by atoms with Crippen LogP contribution in [0.3, 0.4) is 0 Å². The number of rotatable bonds is 7. The molecule has 0 radical (unpaired) electrons. The summed E-state index contributed by atoms with van der Waals surface area (Å²) in [7, 11) is 0. The van der Waals surface area contributed by atoms with Crippen LogP contribution in [0, 0.1) is 12.8 Å². The minimum atomic E-state index is -1.01. The third-order valence-electron chi connectivity index (χ3n) is 4.04. The van der Waals surface area contributed by atoms with E-state index in [2.05, 4.69) is 17.3 Å². The average molecular weight is 329 g/mol. The van der Waals surface area contributed by atoms with Crippen molar-refractivity contribution < 1.29 is 14.7 Å². The molecule has 24 heavy (non-hydrogen) atoms. The topological polar surface area (TPSA) is 84.2 Å². The quantitative estimate of drug-likeness (QED) is 0.812. The van der Waals surface area contributed by atoms with Gasteiger partial charge in [-0.2, -0.15) is 5.10 Å². The Labute approximate surface area is 141 Å². The Morgan fingerprint density at radius 3 is 2.75 bits per heavy atom. The number of carbonyl (C=O) groups is 2. The first-order chi connectivity index (χ1) is 11.4. The molecule has 0 aliphatic heterocycles.